The standard InChI is InChI=1S/C17H22N4O5S.ClH/c1-25-8-13-2-3-16(26-13)17(22)21-5-4-20(7-12-6-18-11-19-12)14-9-27(23,24)10-15(14)21;/h2-3,6,11,14-15H,4-5,7-10H2,1H3,(H,18,19);1H/t14-,15+;/m1./s1. The first kappa shape index (κ1) is 20.8. The maximum absolute atomic E-state index is 13.0. The summed E-state index contributed by atoms with van der Waals surface area (Å²) in [5.41, 5.74) is 0.924. The first-order chi connectivity index (χ1) is 13.0. The number of amides is 1. The van der Waals surface area contributed by atoms with Gasteiger partial charge in [-0.2, -0.15) is 0 Å². The summed E-state index contributed by atoms with van der Waals surface area (Å²) < 4.78 is 35.2. The number of piperazine rings is 1. The van der Waals surface area contributed by atoms with Crippen LogP contribution in [0.3, 0.4) is 0 Å². The van der Waals surface area contributed by atoms with Gasteiger partial charge in [0.2, 0.25) is 0 Å². The van der Waals surface area contributed by atoms with Gasteiger partial charge in [-0.25, -0.2) is 13.4 Å². The van der Waals surface area contributed by atoms with Crippen molar-refractivity contribution < 1.29 is 22.4 Å². The summed E-state index contributed by atoms with van der Waals surface area (Å²) >= 11 is 0. The molecule has 11 heteroatoms. The van der Waals surface area contributed by atoms with Gasteiger partial charge in [-0.15, -0.1) is 12.4 Å². The molecule has 2 fully saturated rings. The number of furan rings is 1. The van der Waals surface area contributed by atoms with Gasteiger partial charge in [0.15, 0.2) is 15.6 Å². The average molecular weight is 431 g/mol. The molecule has 1 amide bonds. The molecule has 2 aliphatic rings. The van der Waals surface area contributed by atoms with Crippen molar-refractivity contribution in [3.05, 3.63) is 41.9 Å². The fourth-order valence-corrected chi connectivity index (χ4v) is 5.93. The van der Waals surface area contributed by atoms with Crippen LogP contribution in [0.2, 0.25) is 0 Å². The minimum atomic E-state index is -3.20. The number of sulfone groups is 1. The average Bonchev–Trinajstić information content (AvgIpc) is 3.34. The lowest BCUT2D eigenvalue weighted by molar-refractivity contribution is 0.0275. The fraction of sp³-hybridized carbons (Fsp3) is 0.529. The molecule has 1 N–H and O–H groups in total. The summed E-state index contributed by atoms with van der Waals surface area (Å²) in [6.07, 6.45) is 3.34. The molecule has 9 nitrogen and oxygen atoms in total. The second-order valence-corrected chi connectivity index (χ2v) is 9.11. The van der Waals surface area contributed by atoms with Crippen LogP contribution >= 0.6 is 12.4 Å². The topological polar surface area (TPSA) is 109 Å². The van der Waals surface area contributed by atoms with Gasteiger partial charge in [0.1, 0.15) is 12.4 Å². The van der Waals surface area contributed by atoms with Crippen molar-refractivity contribution in [3.63, 3.8) is 0 Å². The number of imidazole rings is 1. The predicted octanol–water partition coefficient (Wildman–Crippen LogP) is 0.695. The first-order valence-electron chi connectivity index (χ1n) is 8.77. The lowest BCUT2D eigenvalue weighted by atomic mass is 10.0. The van der Waals surface area contributed by atoms with E-state index in [1.54, 1.807) is 36.7 Å². The van der Waals surface area contributed by atoms with E-state index in [-0.39, 0.29) is 54.3 Å². The van der Waals surface area contributed by atoms with E-state index in [1.165, 1.54) is 0 Å². The molecule has 2 aromatic rings. The van der Waals surface area contributed by atoms with Crippen molar-refractivity contribution in [3.8, 4) is 0 Å². The van der Waals surface area contributed by atoms with E-state index in [0.717, 1.165) is 5.69 Å². The highest BCUT2D eigenvalue weighted by molar-refractivity contribution is 7.91. The van der Waals surface area contributed by atoms with Gasteiger partial charge in [-0.1, -0.05) is 0 Å². The smallest absolute Gasteiger partial charge is 0.289 e. The Morgan fingerprint density at radius 3 is 2.82 bits per heavy atom. The third kappa shape index (κ3) is 4.09. The monoisotopic (exact) mass is 430 g/mol. The molecule has 0 saturated carbocycles. The number of aromatic nitrogens is 2. The largest absolute Gasteiger partial charge is 0.453 e. The zero-order valence-corrected chi connectivity index (χ0v) is 17.0. The molecule has 4 rings (SSSR count). The number of ether oxygens (including phenoxy) is 1. The summed E-state index contributed by atoms with van der Waals surface area (Å²) in [5, 5.41) is 0. The third-order valence-electron chi connectivity index (χ3n) is 5.14. The van der Waals surface area contributed by atoms with E-state index >= 15 is 0 Å². The van der Waals surface area contributed by atoms with Crippen molar-refractivity contribution in [2.75, 3.05) is 31.7 Å². The Labute approximate surface area is 169 Å². The van der Waals surface area contributed by atoms with Crippen LogP contribution in [0.1, 0.15) is 22.0 Å². The van der Waals surface area contributed by atoms with Gasteiger partial charge >= 0.3 is 0 Å². The Morgan fingerprint density at radius 2 is 2.11 bits per heavy atom. The van der Waals surface area contributed by atoms with E-state index in [9.17, 15) is 13.2 Å². The molecular formula is C17H23ClN4O5S. The van der Waals surface area contributed by atoms with Gasteiger partial charge < -0.3 is 19.0 Å². The number of methoxy groups -OCH3 is 1. The first-order valence-corrected chi connectivity index (χ1v) is 10.6. The summed E-state index contributed by atoms with van der Waals surface area (Å²) in [6.45, 7) is 1.90. The quantitative estimate of drug-likeness (QED) is 0.743. The number of hydrogen-bond acceptors (Lipinski definition) is 7. The Hall–Kier alpha value is -1.88. The minimum Gasteiger partial charge on any atom is -0.453 e. The number of fused-ring (bicyclic) bond motifs is 1. The highest BCUT2D eigenvalue weighted by Crippen LogP contribution is 2.29. The molecule has 0 unspecified atom stereocenters. The van der Waals surface area contributed by atoms with Crippen LogP contribution in [0, 0.1) is 0 Å². The number of carbonyl (C=O) groups is 1. The number of halogens is 1. The molecule has 2 aliphatic heterocycles. The van der Waals surface area contributed by atoms with Gasteiger partial charge in [-0.05, 0) is 12.1 Å². The van der Waals surface area contributed by atoms with Crippen LogP contribution in [0.25, 0.3) is 0 Å². The van der Waals surface area contributed by atoms with Gasteiger partial charge in [-0.3, -0.25) is 9.69 Å². The number of rotatable bonds is 5. The van der Waals surface area contributed by atoms with Crippen molar-refractivity contribution in [2.45, 2.75) is 25.2 Å². The van der Waals surface area contributed by atoms with Crippen molar-refractivity contribution in [2.24, 2.45) is 0 Å². The Bertz CT molecular complexity index is 914. The minimum absolute atomic E-state index is 0. The van der Waals surface area contributed by atoms with Crippen LogP contribution in [-0.4, -0.2) is 77.9 Å². The third-order valence-corrected chi connectivity index (χ3v) is 6.84. The summed E-state index contributed by atoms with van der Waals surface area (Å²) in [4.78, 5) is 23.8. The molecular weight excluding hydrogens is 408 g/mol. The van der Waals surface area contributed by atoms with E-state index < -0.39 is 9.84 Å². The van der Waals surface area contributed by atoms with Crippen molar-refractivity contribution in [1.29, 1.82) is 0 Å². The zero-order chi connectivity index (χ0) is 19.0. The van der Waals surface area contributed by atoms with Crippen molar-refractivity contribution in [1.82, 2.24) is 19.8 Å². The van der Waals surface area contributed by atoms with E-state index in [1.807, 2.05) is 0 Å². The number of carbonyl (C=O) groups excluding carboxylic acids is 1. The van der Waals surface area contributed by atoms with Gasteiger partial charge in [0.05, 0.1) is 23.9 Å². The number of aromatic amines is 1. The van der Waals surface area contributed by atoms with Gasteiger partial charge in [0, 0.05) is 44.7 Å². The molecule has 0 radical (unpaired) electrons. The summed E-state index contributed by atoms with van der Waals surface area (Å²) in [6, 6.07) is 2.71. The maximum Gasteiger partial charge on any atom is 0.289 e. The van der Waals surface area contributed by atoms with E-state index in [0.29, 0.717) is 25.4 Å². The van der Waals surface area contributed by atoms with Crippen LogP contribution in [0.5, 0.6) is 0 Å². The van der Waals surface area contributed by atoms with Crippen molar-refractivity contribution >= 4 is 28.2 Å². The zero-order valence-electron chi connectivity index (χ0n) is 15.4. The number of nitrogens with one attached hydrogen (secondary N) is 1. The van der Waals surface area contributed by atoms with Crippen LogP contribution in [0.15, 0.2) is 29.1 Å². The molecule has 2 aromatic heterocycles. The molecule has 0 bridgehead atoms. The van der Waals surface area contributed by atoms with E-state index in [4.69, 9.17) is 9.15 Å². The molecule has 154 valence electrons. The summed E-state index contributed by atoms with van der Waals surface area (Å²) in [7, 11) is -1.65. The Kier molecular flexibility index (Phi) is 6.13. The molecule has 0 aliphatic carbocycles. The number of hydrogen-bond donors (Lipinski definition) is 1. The second kappa shape index (κ2) is 8.24. The SMILES string of the molecule is COCc1ccc(C(=O)N2CCN(Cc3cnc[nH]3)[C@@H]3CS(=O)(=O)C[C@@H]32)o1.Cl. The number of H-pyrrole nitrogens is 1. The summed E-state index contributed by atoms with van der Waals surface area (Å²) in [5.74, 6) is 0.545. The van der Waals surface area contributed by atoms with Crippen LogP contribution < -0.4 is 0 Å². The van der Waals surface area contributed by atoms with Crippen LogP contribution in [0.4, 0.5) is 0 Å². The number of nitrogens with zero attached hydrogens (tertiary/aromatic N) is 3. The Morgan fingerprint density at radius 1 is 1.32 bits per heavy atom. The molecule has 28 heavy (non-hydrogen) atoms. The van der Waals surface area contributed by atoms with Crippen LogP contribution in [-0.2, 0) is 27.7 Å². The normalized spacial score (nSPS) is 24.0. The highest BCUT2D eigenvalue weighted by atomic mass is 35.5. The Balaban J connectivity index is 0.00000225. The molecule has 0 spiro atoms. The highest BCUT2D eigenvalue weighted by Gasteiger charge is 2.48. The fourth-order valence-electron chi connectivity index (χ4n) is 3.92. The second-order valence-electron chi connectivity index (χ2n) is 6.96. The lowest BCUT2D eigenvalue weighted by Crippen LogP contribution is -2.60. The lowest BCUT2D eigenvalue weighted by Gasteiger charge is -2.43. The molecule has 2 atom stereocenters. The molecule has 4 heterocycles. The van der Waals surface area contributed by atoms with Gasteiger partial charge in [0.25, 0.3) is 5.91 Å². The predicted molar refractivity (Wildman–Crippen MR) is 103 cm³/mol. The molecule has 0 aromatic carbocycles. The maximum atomic E-state index is 13.0. The molecule has 2 saturated heterocycles. The van der Waals surface area contributed by atoms with E-state index in [2.05, 4.69) is 14.9 Å².